The molecule has 0 saturated heterocycles. The number of anilines is 1. The van der Waals surface area contributed by atoms with Crippen LogP contribution in [0.25, 0.3) is 0 Å². The SMILES string of the molecule is O=S(=O)(Nc1nc(C23CC4CC(CC(C4)C2)C3)cs1)c1ccc(F)cc1F. The lowest BCUT2D eigenvalue weighted by Crippen LogP contribution is -2.48. The molecule has 1 N–H and O–H groups in total. The van der Waals surface area contributed by atoms with E-state index in [2.05, 4.69) is 9.71 Å². The van der Waals surface area contributed by atoms with Gasteiger partial charge in [-0.05, 0) is 68.4 Å². The van der Waals surface area contributed by atoms with Crippen molar-refractivity contribution in [3.05, 3.63) is 40.9 Å². The van der Waals surface area contributed by atoms with Crippen molar-refractivity contribution in [3.8, 4) is 0 Å². The molecule has 27 heavy (non-hydrogen) atoms. The predicted octanol–water partition coefficient (Wildman–Crippen LogP) is 4.69. The van der Waals surface area contributed by atoms with Crippen LogP contribution in [-0.2, 0) is 15.4 Å². The molecule has 1 aromatic heterocycles. The van der Waals surface area contributed by atoms with Crippen molar-refractivity contribution in [1.82, 2.24) is 4.98 Å². The highest BCUT2D eigenvalue weighted by Gasteiger charge is 2.52. The van der Waals surface area contributed by atoms with Crippen LogP contribution in [0.4, 0.5) is 13.9 Å². The number of sulfonamides is 1. The fourth-order valence-corrected chi connectivity index (χ4v) is 8.00. The van der Waals surface area contributed by atoms with Gasteiger partial charge in [0.05, 0.1) is 5.69 Å². The van der Waals surface area contributed by atoms with Crippen molar-refractivity contribution in [2.24, 2.45) is 17.8 Å². The number of aromatic nitrogens is 1. The molecule has 1 heterocycles. The molecule has 0 unspecified atom stereocenters. The van der Waals surface area contributed by atoms with E-state index in [1.54, 1.807) is 0 Å². The standard InChI is InChI=1S/C19H20F2N2O2S2/c20-14-1-2-16(15(21)6-14)27(24,25)23-18-22-17(10-26-18)19-7-11-3-12(8-19)5-13(4-11)9-19/h1-2,6,10-13H,3-5,7-9H2,(H,22,23). The van der Waals surface area contributed by atoms with Gasteiger partial charge in [-0.2, -0.15) is 0 Å². The predicted molar refractivity (Wildman–Crippen MR) is 99.1 cm³/mol. The molecule has 0 radical (unpaired) electrons. The molecule has 8 heteroatoms. The second kappa shape index (κ2) is 5.98. The lowest BCUT2D eigenvalue weighted by molar-refractivity contribution is -0.00688. The highest BCUT2D eigenvalue weighted by atomic mass is 32.2. The molecule has 4 nitrogen and oxygen atoms in total. The zero-order valence-corrected chi connectivity index (χ0v) is 16.3. The Morgan fingerprint density at radius 1 is 1.07 bits per heavy atom. The molecule has 4 aliphatic rings. The van der Waals surface area contributed by atoms with Gasteiger partial charge in [0.15, 0.2) is 5.13 Å². The third-order valence-electron chi connectivity index (χ3n) is 6.49. The Bertz CT molecular complexity index is 968. The molecule has 4 bridgehead atoms. The van der Waals surface area contributed by atoms with Crippen LogP contribution >= 0.6 is 11.3 Å². The first kappa shape index (κ1) is 17.6. The smallest absolute Gasteiger partial charge is 0.255 e. The van der Waals surface area contributed by atoms with Crippen molar-refractivity contribution in [3.63, 3.8) is 0 Å². The van der Waals surface area contributed by atoms with Gasteiger partial charge in [0.2, 0.25) is 0 Å². The Hall–Kier alpha value is -1.54. The summed E-state index contributed by atoms with van der Waals surface area (Å²) in [5, 5.41) is 2.19. The van der Waals surface area contributed by atoms with Crippen molar-refractivity contribution >= 4 is 26.5 Å². The van der Waals surface area contributed by atoms with Gasteiger partial charge in [0, 0.05) is 16.9 Å². The summed E-state index contributed by atoms with van der Waals surface area (Å²) in [6, 6.07) is 2.43. The topological polar surface area (TPSA) is 59.1 Å². The third-order valence-corrected chi connectivity index (χ3v) is 8.75. The molecule has 0 atom stereocenters. The second-order valence-corrected chi connectivity index (χ2v) is 10.9. The minimum atomic E-state index is -4.15. The fraction of sp³-hybridized carbons (Fsp3) is 0.526. The zero-order chi connectivity index (χ0) is 18.8. The largest absolute Gasteiger partial charge is 0.266 e. The molecule has 144 valence electrons. The zero-order valence-electron chi connectivity index (χ0n) is 14.6. The minimum Gasteiger partial charge on any atom is -0.255 e. The van der Waals surface area contributed by atoms with E-state index in [-0.39, 0.29) is 10.5 Å². The van der Waals surface area contributed by atoms with Crippen LogP contribution in [0.1, 0.15) is 44.2 Å². The molecule has 4 saturated carbocycles. The lowest BCUT2D eigenvalue weighted by Gasteiger charge is -2.56. The normalized spacial score (nSPS) is 32.0. The van der Waals surface area contributed by atoms with E-state index >= 15 is 0 Å². The average molecular weight is 411 g/mol. The number of rotatable bonds is 4. The summed E-state index contributed by atoms with van der Waals surface area (Å²) in [6.07, 6.45) is 7.40. The monoisotopic (exact) mass is 410 g/mol. The molecule has 4 aliphatic carbocycles. The maximum atomic E-state index is 13.9. The molecule has 1 aromatic carbocycles. The summed E-state index contributed by atoms with van der Waals surface area (Å²) in [7, 11) is -4.15. The van der Waals surface area contributed by atoms with Gasteiger partial charge in [-0.1, -0.05) is 0 Å². The first-order valence-corrected chi connectivity index (χ1v) is 11.6. The van der Waals surface area contributed by atoms with Gasteiger partial charge in [0.25, 0.3) is 10.0 Å². The van der Waals surface area contributed by atoms with E-state index in [4.69, 9.17) is 0 Å². The quantitative estimate of drug-likeness (QED) is 0.796. The van der Waals surface area contributed by atoms with Gasteiger partial charge < -0.3 is 0 Å². The number of halogens is 2. The first-order chi connectivity index (χ1) is 12.8. The van der Waals surface area contributed by atoms with E-state index < -0.39 is 26.6 Å². The number of benzene rings is 1. The van der Waals surface area contributed by atoms with Gasteiger partial charge in [-0.15, -0.1) is 11.3 Å². The number of nitrogens with zero attached hydrogens (tertiary/aromatic N) is 1. The average Bonchev–Trinajstić information content (AvgIpc) is 3.01. The van der Waals surface area contributed by atoms with E-state index in [0.29, 0.717) is 6.07 Å². The van der Waals surface area contributed by atoms with Crippen LogP contribution in [0.15, 0.2) is 28.5 Å². The van der Waals surface area contributed by atoms with E-state index in [1.165, 1.54) is 30.6 Å². The molecule has 0 aliphatic heterocycles. The summed E-state index contributed by atoms with van der Waals surface area (Å²) in [6.45, 7) is 0. The minimum absolute atomic E-state index is 0.0794. The molecule has 0 amide bonds. The van der Waals surface area contributed by atoms with Gasteiger partial charge in [0.1, 0.15) is 16.5 Å². The van der Waals surface area contributed by atoms with Crippen molar-refractivity contribution in [2.75, 3.05) is 4.72 Å². The Morgan fingerprint density at radius 3 is 2.30 bits per heavy atom. The summed E-state index contributed by atoms with van der Waals surface area (Å²) >= 11 is 1.23. The third kappa shape index (κ3) is 2.97. The Kier molecular flexibility index (Phi) is 3.89. The lowest BCUT2D eigenvalue weighted by atomic mass is 9.49. The summed E-state index contributed by atoms with van der Waals surface area (Å²) in [4.78, 5) is 4.02. The number of hydrogen-bond acceptors (Lipinski definition) is 4. The van der Waals surface area contributed by atoms with Gasteiger partial charge in [-0.25, -0.2) is 22.2 Å². The highest BCUT2D eigenvalue weighted by molar-refractivity contribution is 7.93. The van der Waals surface area contributed by atoms with E-state index in [1.807, 2.05) is 5.38 Å². The maximum absolute atomic E-state index is 13.9. The first-order valence-electron chi connectivity index (χ1n) is 9.27. The Morgan fingerprint density at radius 2 is 1.70 bits per heavy atom. The van der Waals surface area contributed by atoms with Crippen LogP contribution in [0.2, 0.25) is 0 Å². The molecule has 4 fully saturated rings. The van der Waals surface area contributed by atoms with Crippen LogP contribution in [0.5, 0.6) is 0 Å². The van der Waals surface area contributed by atoms with Crippen molar-refractivity contribution in [2.45, 2.75) is 48.8 Å². The Labute approximate surface area is 161 Å². The second-order valence-electron chi connectivity index (χ2n) is 8.42. The van der Waals surface area contributed by atoms with Crippen molar-refractivity contribution < 1.29 is 17.2 Å². The summed E-state index contributed by atoms with van der Waals surface area (Å²) < 4.78 is 54.3. The Balaban J connectivity index is 1.41. The van der Waals surface area contributed by atoms with Crippen LogP contribution < -0.4 is 4.72 Å². The molecule has 0 spiro atoms. The number of nitrogens with one attached hydrogen (secondary N) is 1. The summed E-state index contributed by atoms with van der Waals surface area (Å²) in [5.41, 5.74) is 1.06. The summed E-state index contributed by atoms with van der Waals surface area (Å²) in [5.74, 6) is 0.384. The molecular weight excluding hydrogens is 390 g/mol. The molecule has 2 aromatic rings. The number of hydrogen-bond donors (Lipinski definition) is 1. The van der Waals surface area contributed by atoms with Crippen LogP contribution in [0, 0.1) is 29.4 Å². The van der Waals surface area contributed by atoms with Crippen molar-refractivity contribution in [1.29, 1.82) is 0 Å². The fourth-order valence-electron chi connectivity index (χ4n) is 5.85. The van der Waals surface area contributed by atoms with Crippen LogP contribution in [-0.4, -0.2) is 13.4 Å². The van der Waals surface area contributed by atoms with Crippen LogP contribution in [0.3, 0.4) is 0 Å². The number of thiazole rings is 1. The van der Waals surface area contributed by atoms with E-state index in [9.17, 15) is 17.2 Å². The van der Waals surface area contributed by atoms with E-state index in [0.717, 1.165) is 54.8 Å². The molecule has 6 rings (SSSR count). The highest BCUT2D eigenvalue weighted by Crippen LogP contribution is 2.60. The van der Waals surface area contributed by atoms with Gasteiger partial charge in [-0.3, -0.25) is 4.72 Å². The van der Waals surface area contributed by atoms with Gasteiger partial charge >= 0.3 is 0 Å². The maximum Gasteiger partial charge on any atom is 0.266 e. The molecular formula is C19H20F2N2O2S2.